The molecule has 1 aromatic carbocycles. The van der Waals surface area contributed by atoms with Crippen LogP contribution in [0.5, 0.6) is 11.5 Å². The van der Waals surface area contributed by atoms with Crippen LogP contribution in [0.4, 0.5) is 0 Å². The fraction of sp³-hybridized carbons (Fsp3) is 0.500. The van der Waals surface area contributed by atoms with Gasteiger partial charge in [-0.3, -0.25) is 0 Å². The van der Waals surface area contributed by atoms with E-state index in [4.69, 9.17) is 9.47 Å². The van der Waals surface area contributed by atoms with Crippen LogP contribution in [0.15, 0.2) is 47.8 Å². The van der Waals surface area contributed by atoms with Crippen molar-refractivity contribution < 1.29 is 19.4 Å². The Hall–Kier alpha value is -2.49. The smallest absolute Gasteiger partial charge is 0.336 e. The second-order valence-corrected chi connectivity index (χ2v) is 8.42. The largest absolute Gasteiger partial charge is 0.507 e. The zero-order valence-corrected chi connectivity index (χ0v) is 19.1. The highest BCUT2D eigenvalue weighted by Gasteiger charge is 2.30. The summed E-state index contributed by atoms with van der Waals surface area (Å²) in [5, 5.41) is 11.0. The lowest BCUT2D eigenvalue weighted by molar-refractivity contribution is -0.136. The van der Waals surface area contributed by atoms with Crippen LogP contribution in [0.2, 0.25) is 0 Å². The van der Waals surface area contributed by atoms with Crippen molar-refractivity contribution in [2.45, 2.75) is 72.1 Å². The Balaban J connectivity index is 2.52. The van der Waals surface area contributed by atoms with Gasteiger partial charge in [0.1, 0.15) is 17.8 Å². The highest BCUT2D eigenvalue weighted by atomic mass is 16.5. The molecular formula is C26H36O4. The third kappa shape index (κ3) is 6.01. The highest BCUT2D eigenvalue weighted by molar-refractivity contribution is 5.87. The molecule has 0 aliphatic heterocycles. The topological polar surface area (TPSA) is 55.8 Å². The summed E-state index contributed by atoms with van der Waals surface area (Å²) < 4.78 is 10.7. The molecule has 0 saturated carbocycles. The zero-order valence-electron chi connectivity index (χ0n) is 19.1. The van der Waals surface area contributed by atoms with E-state index >= 15 is 0 Å². The molecule has 0 saturated heterocycles. The molecule has 1 N–H and O–H groups in total. The molecule has 0 aromatic heterocycles. The molecule has 0 spiro atoms. The average molecular weight is 413 g/mol. The Labute approximate surface area is 181 Å². The minimum Gasteiger partial charge on any atom is -0.507 e. The fourth-order valence-corrected chi connectivity index (χ4v) is 4.09. The van der Waals surface area contributed by atoms with Crippen molar-refractivity contribution in [1.29, 1.82) is 0 Å². The Bertz CT molecular complexity index is 832. The van der Waals surface area contributed by atoms with Gasteiger partial charge in [-0.1, -0.05) is 43.6 Å². The quantitative estimate of drug-likeness (QED) is 0.163. The summed E-state index contributed by atoms with van der Waals surface area (Å²) in [6.07, 6.45) is 9.87. The van der Waals surface area contributed by atoms with Crippen LogP contribution >= 0.6 is 0 Å². The van der Waals surface area contributed by atoms with Gasteiger partial charge in [-0.2, -0.15) is 0 Å². The lowest BCUT2D eigenvalue weighted by Gasteiger charge is -2.32. The normalized spacial score (nSPS) is 19.2. The number of aryl methyl sites for hydroxylation is 1. The monoisotopic (exact) mass is 412 g/mol. The third-order valence-electron chi connectivity index (χ3n) is 5.83. The first-order valence-electron chi connectivity index (χ1n) is 10.9. The predicted molar refractivity (Wildman–Crippen MR) is 122 cm³/mol. The Morgan fingerprint density at radius 2 is 2.03 bits per heavy atom. The molecule has 4 nitrogen and oxygen atoms in total. The van der Waals surface area contributed by atoms with Crippen molar-refractivity contribution >= 4 is 5.97 Å². The molecule has 0 bridgehead atoms. The molecule has 0 fully saturated rings. The molecule has 0 heterocycles. The van der Waals surface area contributed by atoms with Crippen LogP contribution in [0.1, 0.15) is 76.8 Å². The van der Waals surface area contributed by atoms with Crippen LogP contribution < -0.4 is 4.74 Å². The number of carbonyl (C=O) groups excluding carboxylic acids is 1. The lowest BCUT2D eigenvalue weighted by atomic mass is 9.73. The maximum Gasteiger partial charge on any atom is 0.336 e. The maximum absolute atomic E-state index is 11.8. The van der Waals surface area contributed by atoms with E-state index in [1.54, 1.807) is 6.92 Å². The van der Waals surface area contributed by atoms with Gasteiger partial charge in [-0.05, 0) is 70.1 Å². The molecule has 2 rings (SSSR count). The highest BCUT2D eigenvalue weighted by Crippen LogP contribution is 2.47. The summed E-state index contributed by atoms with van der Waals surface area (Å²) in [5.41, 5.74) is 4.56. The number of phenols is 1. The Morgan fingerprint density at radius 1 is 1.30 bits per heavy atom. The minimum atomic E-state index is -0.437. The number of esters is 1. The standard InChI is InChI=1S/C26H36O4/c1-7-8-9-10-20-14-23(27)25(22-13-18(4)11-12-21(22)17(2)3)24(15-20)30-16-19(5)26(28)29-6/h13-16,21-22,27H,2,7-12H2,1,3-6H3/b19-16+/t21-,22+/m0/s1. The molecule has 4 heteroatoms. The number of benzene rings is 1. The number of rotatable bonds is 9. The second kappa shape index (κ2) is 11.1. The zero-order chi connectivity index (χ0) is 22.3. The summed E-state index contributed by atoms with van der Waals surface area (Å²) in [7, 11) is 1.35. The molecule has 30 heavy (non-hydrogen) atoms. The first kappa shape index (κ1) is 23.8. The van der Waals surface area contributed by atoms with Gasteiger partial charge in [0.05, 0.1) is 12.7 Å². The van der Waals surface area contributed by atoms with Gasteiger partial charge in [-0.25, -0.2) is 4.79 Å². The number of carbonyl (C=O) groups is 1. The Kier molecular flexibility index (Phi) is 8.76. The minimum absolute atomic E-state index is 0.0113. The molecule has 1 aromatic rings. The van der Waals surface area contributed by atoms with Crippen LogP contribution in [0.25, 0.3) is 0 Å². The van der Waals surface area contributed by atoms with Gasteiger partial charge in [0.15, 0.2) is 0 Å². The van der Waals surface area contributed by atoms with E-state index in [1.165, 1.54) is 18.9 Å². The number of hydrogen-bond donors (Lipinski definition) is 1. The van der Waals surface area contributed by atoms with E-state index in [0.717, 1.165) is 55.2 Å². The van der Waals surface area contributed by atoms with Gasteiger partial charge in [0, 0.05) is 11.5 Å². The molecule has 0 amide bonds. The first-order chi connectivity index (χ1) is 14.3. The van der Waals surface area contributed by atoms with Gasteiger partial charge in [-0.15, -0.1) is 0 Å². The number of allylic oxidation sites excluding steroid dienone is 3. The van der Waals surface area contributed by atoms with Crippen LogP contribution in [0, 0.1) is 5.92 Å². The van der Waals surface area contributed by atoms with Gasteiger partial charge >= 0.3 is 5.97 Å². The van der Waals surface area contributed by atoms with Crippen molar-refractivity contribution in [3.05, 3.63) is 58.9 Å². The fourth-order valence-electron chi connectivity index (χ4n) is 4.09. The molecule has 1 aliphatic carbocycles. The van der Waals surface area contributed by atoms with Crippen LogP contribution in [-0.2, 0) is 16.0 Å². The second-order valence-electron chi connectivity index (χ2n) is 8.42. The van der Waals surface area contributed by atoms with Gasteiger partial charge < -0.3 is 14.6 Å². The molecule has 0 unspecified atom stereocenters. The molecule has 0 radical (unpaired) electrons. The van der Waals surface area contributed by atoms with Crippen LogP contribution in [0.3, 0.4) is 0 Å². The number of ether oxygens (including phenoxy) is 2. The van der Waals surface area contributed by atoms with E-state index in [1.807, 2.05) is 19.1 Å². The first-order valence-corrected chi connectivity index (χ1v) is 10.9. The summed E-state index contributed by atoms with van der Waals surface area (Å²) in [4.78, 5) is 11.8. The SMILES string of the molecule is C=C(C)[C@@H]1CCC(C)=C[C@H]1c1c(O)cc(CCCCC)cc1O/C=C(\C)C(=O)OC. The van der Waals surface area contributed by atoms with Crippen molar-refractivity contribution in [2.75, 3.05) is 7.11 Å². The van der Waals surface area contributed by atoms with Gasteiger partial charge in [0.2, 0.25) is 0 Å². The van der Waals surface area contributed by atoms with E-state index in [0.29, 0.717) is 11.3 Å². The summed E-state index contributed by atoms with van der Waals surface area (Å²) in [6.45, 7) is 12.2. The number of hydrogen-bond acceptors (Lipinski definition) is 4. The van der Waals surface area contributed by atoms with Crippen molar-refractivity contribution in [1.82, 2.24) is 0 Å². The number of unbranched alkanes of at least 4 members (excludes halogenated alkanes) is 2. The van der Waals surface area contributed by atoms with Crippen molar-refractivity contribution in [2.24, 2.45) is 5.92 Å². The lowest BCUT2D eigenvalue weighted by Crippen LogP contribution is -2.18. The van der Waals surface area contributed by atoms with E-state index in [2.05, 4.69) is 26.5 Å². The summed E-state index contributed by atoms with van der Waals surface area (Å²) >= 11 is 0. The van der Waals surface area contributed by atoms with E-state index in [-0.39, 0.29) is 17.6 Å². The third-order valence-corrected chi connectivity index (χ3v) is 5.83. The number of aromatic hydroxyl groups is 1. The Morgan fingerprint density at radius 3 is 2.67 bits per heavy atom. The molecule has 164 valence electrons. The van der Waals surface area contributed by atoms with Crippen molar-refractivity contribution in [3.63, 3.8) is 0 Å². The molecule has 1 aliphatic rings. The number of methoxy groups -OCH3 is 1. The average Bonchev–Trinajstić information content (AvgIpc) is 2.71. The van der Waals surface area contributed by atoms with E-state index < -0.39 is 5.97 Å². The predicted octanol–water partition coefficient (Wildman–Crippen LogP) is 6.60. The number of phenolic OH excluding ortho intramolecular Hbond substituents is 1. The van der Waals surface area contributed by atoms with Crippen LogP contribution in [-0.4, -0.2) is 18.2 Å². The molecule has 2 atom stereocenters. The van der Waals surface area contributed by atoms with Gasteiger partial charge in [0.25, 0.3) is 0 Å². The molecular weight excluding hydrogens is 376 g/mol. The summed E-state index contributed by atoms with van der Waals surface area (Å²) in [6, 6.07) is 3.86. The maximum atomic E-state index is 11.8. The van der Waals surface area contributed by atoms with E-state index in [9.17, 15) is 9.90 Å². The summed E-state index contributed by atoms with van der Waals surface area (Å²) in [5.74, 6) is 0.617. The van der Waals surface area contributed by atoms with Crippen molar-refractivity contribution in [3.8, 4) is 11.5 Å².